The molecule has 0 amide bonds. The molecule has 0 spiro atoms. The first-order chi connectivity index (χ1) is 16.9. The van der Waals surface area contributed by atoms with Gasteiger partial charge in [0.25, 0.3) is 0 Å². The van der Waals surface area contributed by atoms with Crippen LogP contribution in [0.5, 0.6) is 5.75 Å². The van der Waals surface area contributed by atoms with Gasteiger partial charge >= 0.3 is 5.97 Å². The zero-order chi connectivity index (χ0) is 24.7. The van der Waals surface area contributed by atoms with Gasteiger partial charge in [0.2, 0.25) is 5.78 Å². The number of hydrogen-bond acceptors (Lipinski definition) is 6. The normalized spacial score (nSPS) is 14.6. The van der Waals surface area contributed by atoms with Gasteiger partial charge in [0, 0.05) is 41.9 Å². The maximum absolute atomic E-state index is 13.3. The third kappa shape index (κ3) is 3.79. The summed E-state index contributed by atoms with van der Waals surface area (Å²) in [4.78, 5) is 42.5. The van der Waals surface area contributed by atoms with Crippen LogP contribution in [0.25, 0.3) is 21.8 Å². The highest BCUT2D eigenvalue weighted by Gasteiger charge is 2.28. The number of fused-ring (bicyclic) bond motifs is 5. The lowest BCUT2D eigenvalue weighted by atomic mass is 9.97. The van der Waals surface area contributed by atoms with Crippen LogP contribution in [-0.4, -0.2) is 34.4 Å². The molecule has 1 aliphatic rings. The Bertz CT molecular complexity index is 1560. The lowest BCUT2D eigenvalue weighted by Gasteiger charge is -2.09. The van der Waals surface area contributed by atoms with Crippen LogP contribution >= 0.6 is 0 Å². The van der Waals surface area contributed by atoms with Crippen LogP contribution < -0.4 is 4.74 Å². The van der Waals surface area contributed by atoms with Crippen molar-refractivity contribution in [3.05, 3.63) is 76.9 Å². The molecule has 35 heavy (non-hydrogen) atoms. The number of carbonyl (C=O) groups is 3. The smallest absolute Gasteiger partial charge is 0.331 e. The third-order valence-corrected chi connectivity index (χ3v) is 6.33. The molecular formula is C28H24N2O5. The maximum atomic E-state index is 13.3. The van der Waals surface area contributed by atoms with Crippen molar-refractivity contribution in [2.45, 2.75) is 33.7 Å². The van der Waals surface area contributed by atoms with Crippen LogP contribution in [0.15, 0.2) is 59.8 Å². The second-order valence-electron chi connectivity index (χ2n) is 8.51. The van der Waals surface area contributed by atoms with E-state index in [1.165, 1.54) is 6.92 Å². The second kappa shape index (κ2) is 8.83. The Kier molecular flexibility index (Phi) is 5.68. The van der Waals surface area contributed by atoms with Gasteiger partial charge in [-0.2, -0.15) is 0 Å². The van der Waals surface area contributed by atoms with E-state index < -0.39 is 5.97 Å². The molecule has 176 valence electrons. The SMILES string of the molecule is CCn1c2ccc(C(=O)c3ccccc3C)cc2c2c3c(ccc21)C(=O)/C(=N\OC(C)=O)CCO3. The lowest BCUT2D eigenvalue weighted by Crippen LogP contribution is -2.15. The van der Waals surface area contributed by atoms with Gasteiger partial charge in [-0.25, -0.2) is 4.79 Å². The average Bonchev–Trinajstić information content (AvgIpc) is 3.08. The monoisotopic (exact) mass is 468 g/mol. The first-order valence-electron chi connectivity index (χ1n) is 11.5. The summed E-state index contributed by atoms with van der Waals surface area (Å²) in [6, 6.07) is 16.8. The molecule has 7 heteroatoms. The van der Waals surface area contributed by atoms with Crippen molar-refractivity contribution in [2.24, 2.45) is 5.16 Å². The van der Waals surface area contributed by atoms with E-state index in [1.54, 1.807) is 6.07 Å². The minimum absolute atomic E-state index is 0.0581. The largest absolute Gasteiger partial charge is 0.492 e. The molecule has 4 aromatic rings. The number of ether oxygens (including phenoxy) is 1. The summed E-state index contributed by atoms with van der Waals surface area (Å²) in [5.41, 5.74) is 4.48. The number of carbonyl (C=O) groups excluding carboxylic acids is 3. The number of hydrogen-bond donors (Lipinski definition) is 0. The summed E-state index contributed by atoms with van der Waals surface area (Å²) >= 11 is 0. The second-order valence-corrected chi connectivity index (χ2v) is 8.51. The van der Waals surface area contributed by atoms with Crippen molar-refractivity contribution in [1.29, 1.82) is 0 Å². The van der Waals surface area contributed by atoms with E-state index in [2.05, 4.69) is 9.72 Å². The van der Waals surface area contributed by atoms with Gasteiger partial charge < -0.3 is 14.1 Å². The molecule has 0 unspecified atom stereocenters. The molecule has 0 aliphatic carbocycles. The van der Waals surface area contributed by atoms with Gasteiger partial charge in [0.15, 0.2) is 5.78 Å². The van der Waals surface area contributed by atoms with Crippen LogP contribution in [0, 0.1) is 6.92 Å². The van der Waals surface area contributed by atoms with E-state index in [0.29, 0.717) is 29.0 Å². The van der Waals surface area contributed by atoms with Gasteiger partial charge in [-0.05, 0) is 49.7 Å². The predicted molar refractivity (Wildman–Crippen MR) is 133 cm³/mol. The third-order valence-electron chi connectivity index (χ3n) is 6.33. The van der Waals surface area contributed by atoms with Crippen molar-refractivity contribution in [3.63, 3.8) is 0 Å². The molecule has 1 aliphatic heterocycles. The zero-order valence-corrected chi connectivity index (χ0v) is 19.8. The minimum Gasteiger partial charge on any atom is -0.492 e. The quantitative estimate of drug-likeness (QED) is 0.232. The molecule has 0 saturated heterocycles. The number of ketones is 2. The Labute approximate surface area is 201 Å². The molecule has 3 aromatic carbocycles. The molecule has 0 radical (unpaired) electrons. The summed E-state index contributed by atoms with van der Waals surface area (Å²) in [6.45, 7) is 6.11. The van der Waals surface area contributed by atoms with Crippen molar-refractivity contribution < 1.29 is 24.0 Å². The molecule has 0 fully saturated rings. The Morgan fingerprint density at radius 3 is 2.60 bits per heavy atom. The molecule has 0 N–H and O–H groups in total. The lowest BCUT2D eigenvalue weighted by molar-refractivity contribution is -0.140. The van der Waals surface area contributed by atoms with E-state index in [9.17, 15) is 14.4 Å². The fourth-order valence-electron chi connectivity index (χ4n) is 4.68. The van der Waals surface area contributed by atoms with Crippen molar-refractivity contribution >= 4 is 45.1 Å². The number of rotatable bonds is 4. The van der Waals surface area contributed by atoms with E-state index in [4.69, 9.17) is 9.57 Å². The molecule has 0 bridgehead atoms. The van der Waals surface area contributed by atoms with Crippen molar-refractivity contribution in [1.82, 2.24) is 4.57 Å². The summed E-state index contributed by atoms with van der Waals surface area (Å²) in [5, 5.41) is 5.37. The van der Waals surface area contributed by atoms with Gasteiger partial charge in [-0.3, -0.25) is 9.59 Å². The highest BCUT2D eigenvalue weighted by molar-refractivity contribution is 6.47. The van der Waals surface area contributed by atoms with Crippen LogP contribution in [0.2, 0.25) is 0 Å². The van der Waals surface area contributed by atoms with Gasteiger partial charge in [-0.15, -0.1) is 0 Å². The number of Topliss-reactive ketones (excluding diaryl/α,β-unsaturated/α-hetero) is 1. The molecule has 7 nitrogen and oxygen atoms in total. The standard InChI is InChI=1S/C28H24N2O5/c1-4-30-23-11-9-18(26(32)19-8-6-5-7-16(19)2)15-21(23)25-24(30)12-10-20-27(33)22(29-35-17(3)31)13-14-34-28(20)25/h5-12,15H,4,13-14H2,1-3H3/b29-22-. The minimum atomic E-state index is -0.594. The average molecular weight is 469 g/mol. The Morgan fingerprint density at radius 2 is 1.86 bits per heavy atom. The predicted octanol–water partition coefficient (Wildman–Crippen LogP) is 5.24. The first kappa shape index (κ1) is 22.5. The van der Waals surface area contributed by atoms with Crippen LogP contribution in [-0.2, 0) is 16.2 Å². The molecule has 2 heterocycles. The fourth-order valence-corrected chi connectivity index (χ4v) is 4.68. The fraction of sp³-hybridized carbons (Fsp3) is 0.214. The first-order valence-corrected chi connectivity index (χ1v) is 11.5. The summed E-state index contributed by atoms with van der Waals surface area (Å²) < 4.78 is 8.24. The highest BCUT2D eigenvalue weighted by atomic mass is 16.7. The van der Waals surface area contributed by atoms with Gasteiger partial charge in [0.05, 0.1) is 23.1 Å². The van der Waals surface area contributed by atoms with Crippen molar-refractivity contribution in [2.75, 3.05) is 6.61 Å². The van der Waals surface area contributed by atoms with Crippen molar-refractivity contribution in [3.8, 4) is 5.75 Å². The summed E-state index contributed by atoms with van der Waals surface area (Å²) in [5.74, 6) is -0.538. The number of aromatic nitrogens is 1. The van der Waals surface area contributed by atoms with Crippen LogP contribution in [0.4, 0.5) is 0 Å². The molecule has 1 aromatic heterocycles. The number of nitrogens with zero attached hydrogens (tertiary/aromatic N) is 2. The Hall–Kier alpha value is -4.26. The van der Waals surface area contributed by atoms with E-state index in [-0.39, 0.29) is 30.3 Å². The van der Waals surface area contributed by atoms with Crippen LogP contribution in [0.3, 0.4) is 0 Å². The number of benzene rings is 3. The maximum Gasteiger partial charge on any atom is 0.331 e. The van der Waals surface area contributed by atoms with E-state index in [0.717, 1.165) is 27.4 Å². The highest BCUT2D eigenvalue weighted by Crippen LogP contribution is 2.40. The van der Waals surface area contributed by atoms with Gasteiger partial charge in [0.1, 0.15) is 11.5 Å². The Morgan fingerprint density at radius 1 is 1.09 bits per heavy atom. The zero-order valence-electron chi connectivity index (χ0n) is 19.8. The Balaban J connectivity index is 1.73. The molecular weight excluding hydrogens is 444 g/mol. The molecule has 5 rings (SSSR count). The van der Waals surface area contributed by atoms with E-state index >= 15 is 0 Å². The van der Waals surface area contributed by atoms with E-state index in [1.807, 2.05) is 62.4 Å². The molecule has 0 atom stereocenters. The van der Waals surface area contributed by atoms with Crippen LogP contribution in [0.1, 0.15) is 52.1 Å². The summed E-state index contributed by atoms with van der Waals surface area (Å²) in [6.07, 6.45) is 0.214. The number of oxime groups is 1. The number of aryl methyl sites for hydroxylation is 2. The molecule has 0 saturated carbocycles. The van der Waals surface area contributed by atoms with Gasteiger partial charge in [-0.1, -0.05) is 29.4 Å². The topological polar surface area (TPSA) is 87.0 Å². The summed E-state index contributed by atoms with van der Waals surface area (Å²) in [7, 11) is 0.